The fourth-order valence-electron chi connectivity index (χ4n) is 3.54. The van der Waals surface area contributed by atoms with E-state index in [2.05, 4.69) is 46.9 Å². The molecule has 0 saturated carbocycles. The van der Waals surface area contributed by atoms with Crippen molar-refractivity contribution in [3.05, 3.63) is 89.1 Å². The molecule has 4 aromatic rings. The summed E-state index contributed by atoms with van der Waals surface area (Å²) in [6, 6.07) is 22.5. The van der Waals surface area contributed by atoms with Gasteiger partial charge >= 0.3 is 0 Å². The number of thiazole rings is 1. The fraction of sp³-hybridized carbons (Fsp3) is 0.167. The summed E-state index contributed by atoms with van der Waals surface area (Å²) in [6.45, 7) is 4.20. The lowest BCUT2D eigenvalue weighted by Gasteiger charge is -2.09. The number of carbonyl (C=O) groups is 1. The van der Waals surface area contributed by atoms with Crippen LogP contribution in [0.1, 0.15) is 23.4 Å². The summed E-state index contributed by atoms with van der Waals surface area (Å²) in [5, 5.41) is 5.58. The third kappa shape index (κ3) is 4.30. The molecule has 146 valence electrons. The Labute approximate surface area is 174 Å². The standard InChI is InChI=1S/C24H23N3OS/c1-17-15-21(18(2)27(17)20-11-7-4-8-12-20)22-16-29-24(25-22)26-23(28)14-13-19-9-5-3-6-10-19/h3-12,15-16H,13-14H2,1-2H3,(H,25,26,28). The Hall–Kier alpha value is -3.18. The Bertz CT molecular complexity index is 1110. The molecule has 29 heavy (non-hydrogen) atoms. The molecule has 0 aliphatic rings. The molecule has 5 heteroatoms. The van der Waals surface area contributed by atoms with Crippen molar-refractivity contribution in [2.24, 2.45) is 0 Å². The van der Waals surface area contributed by atoms with Gasteiger partial charge in [0.2, 0.25) is 5.91 Å². The molecule has 2 aromatic carbocycles. The predicted octanol–water partition coefficient (Wildman–Crippen LogP) is 5.79. The third-order valence-corrected chi connectivity index (χ3v) is 5.71. The number of nitrogens with one attached hydrogen (secondary N) is 1. The largest absolute Gasteiger partial charge is 0.318 e. The molecule has 1 N–H and O–H groups in total. The van der Waals surface area contributed by atoms with Crippen LogP contribution in [0.25, 0.3) is 16.9 Å². The lowest BCUT2D eigenvalue weighted by molar-refractivity contribution is -0.116. The Morgan fingerprint density at radius 3 is 2.45 bits per heavy atom. The van der Waals surface area contributed by atoms with Crippen LogP contribution in [0, 0.1) is 13.8 Å². The van der Waals surface area contributed by atoms with E-state index in [1.165, 1.54) is 11.3 Å². The van der Waals surface area contributed by atoms with Gasteiger partial charge in [0.05, 0.1) is 5.69 Å². The fourth-order valence-corrected chi connectivity index (χ4v) is 4.26. The van der Waals surface area contributed by atoms with E-state index in [0.717, 1.165) is 40.3 Å². The van der Waals surface area contributed by atoms with Crippen LogP contribution in [0.5, 0.6) is 0 Å². The number of benzene rings is 2. The van der Waals surface area contributed by atoms with Crippen LogP contribution < -0.4 is 5.32 Å². The quantitative estimate of drug-likeness (QED) is 0.444. The highest BCUT2D eigenvalue weighted by Crippen LogP contribution is 2.31. The molecule has 0 unspecified atom stereocenters. The minimum absolute atomic E-state index is 0.00971. The number of hydrogen-bond donors (Lipinski definition) is 1. The second-order valence-electron chi connectivity index (χ2n) is 7.03. The predicted molar refractivity (Wildman–Crippen MR) is 120 cm³/mol. The molecular weight excluding hydrogens is 378 g/mol. The summed E-state index contributed by atoms with van der Waals surface area (Å²) in [4.78, 5) is 17.0. The van der Waals surface area contributed by atoms with Crippen molar-refractivity contribution in [3.63, 3.8) is 0 Å². The van der Waals surface area contributed by atoms with Crippen LogP contribution in [-0.4, -0.2) is 15.5 Å². The molecule has 0 bridgehead atoms. The first-order chi connectivity index (χ1) is 14.1. The summed E-state index contributed by atoms with van der Waals surface area (Å²) in [6.07, 6.45) is 1.17. The van der Waals surface area contributed by atoms with Gasteiger partial charge < -0.3 is 9.88 Å². The molecule has 0 aliphatic carbocycles. The lowest BCUT2D eigenvalue weighted by Crippen LogP contribution is -2.12. The van der Waals surface area contributed by atoms with Crippen LogP contribution in [-0.2, 0) is 11.2 Å². The van der Waals surface area contributed by atoms with Gasteiger partial charge in [-0.15, -0.1) is 11.3 Å². The maximum Gasteiger partial charge on any atom is 0.226 e. The highest BCUT2D eigenvalue weighted by atomic mass is 32.1. The number of anilines is 1. The molecule has 0 saturated heterocycles. The number of amides is 1. The number of aryl methyl sites for hydroxylation is 2. The average Bonchev–Trinajstić information content (AvgIpc) is 3.31. The lowest BCUT2D eigenvalue weighted by atomic mass is 10.1. The van der Waals surface area contributed by atoms with Gasteiger partial charge in [0.15, 0.2) is 5.13 Å². The van der Waals surface area contributed by atoms with Crippen molar-refractivity contribution in [3.8, 4) is 16.9 Å². The van der Waals surface area contributed by atoms with E-state index in [-0.39, 0.29) is 5.91 Å². The first kappa shape index (κ1) is 19.2. The average molecular weight is 402 g/mol. The molecule has 0 fully saturated rings. The van der Waals surface area contributed by atoms with Gasteiger partial charge in [-0.2, -0.15) is 0 Å². The van der Waals surface area contributed by atoms with Crippen molar-refractivity contribution in [2.45, 2.75) is 26.7 Å². The molecule has 0 atom stereocenters. The van der Waals surface area contributed by atoms with E-state index in [0.29, 0.717) is 11.6 Å². The first-order valence-corrected chi connectivity index (χ1v) is 10.5. The molecular formula is C24H23N3OS. The molecule has 4 rings (SSSR count). The van der Waals surface area contributed by atoms with Gasteiger partial charge in [-0.3, -0.25) is 4.79 Å². The van der Waals surface area contributed by atoms with Crippen molar-refractivity contribution in [1.82, 2.24) is 9.55 Å². The number of hydrogen-bond acceptors (Lipinski definition) is 3. The second kappa shape index (κ2) is 8.45. The smallest absolute Gasteiger partial charge is 0.226 e. The van der Waals surface area contributed by atoms with Crippen molar-refractivity contribution < 1.29 is 4.79 Å². The van der Waals surface area contributed by atoms with Crippen LogP contribution in [0.15, 0.2) is 72.1 Å². The zero-order valence-electron chi connectivity index (χ0n) is 16.6. The minimum atomic E-state index is -0.00971. The number of nitrogens with zero attached hydrogens (tertiary/aromatic N) is 2. The zero-order chi connectivity index (χ0) is 20.2. The van der Waals surface area contributed by atoms with E-state index < -0.39 is 0 Å². The number of aromatic nitrogens is 2. The molecule has 0 spiro atoms. The van der Waals surface area contributed by atoms with Gasteiger partial charge in [-0.1, -0.05) is 48.5 Å². The number of carbonyl (C=O) groups excluding carboxylic acids is 1. The Morgan fingerprint density at radius 1 is 1.03 bits per heavy atom. The van der Waals surface area contributed by atoms with Crippen molar-refractivity contribution in [1.29, 1.82) is 0 Å². The summed E-state index contributed by atoms with van der Waals surface area (Å²) in [7, 11) is 0. The van der Waals surface area contributed by atoms with Gasteiger partial charge in [0.1, 0.15) is 0 Å². The molecule has 2 aromatic heterocycles. The summed E-state index contributed by atoms with van der Waals surface area (Å²) in [5.74, 6) is -0.00971. The van der Waals surface area contributed by atoms with Crippen molar-refractivity contribution in [2.75, 3.05) is 5.32 Å². The van der Waals surface area contributed by atoms with Gasteiger partial charge in [-0.05, 0) is 44.0 Å². The topological polar surface area (TPSA) is 46.9 Å². The van der Waals surface area contributed by atoms with E-state index >= 15 is 0 Å². The van der Waals surface area contributed by atoms with E-state index in [1.807, 2.05) is 53.9 Å². The Balaban J connectivity index is 1.47. The van der Waals surface area contributed by atoms with Crippen LogP contribution >= 0.6 is 11.3 Å². The van der Waals surface area contributed by atoms with Crippen molar-refractivity contribution >= 4 is 22.4 Å². The Kier molecular flexibility index (Phi) is 5.58. The van der Waals surface area contributed by atoms with E-state index in [1.54, 1.807) is 0 Å². The summed E-state index contributed by atoms with van der Waals surface area (Å²) >= 11 is 1.46. The monoisotopic (exact) mass is 401 g/mol. The normalized spacial score (nSPS) is 10.8. The first-order valence-electron chi connectivity index (χ1n) is 9.66. The van der Waals surface area contributed by atoms with Gasteiger partial charge in [0, 0.05) is 34.4 Å². The molecule has 0 aliphatic heterocycles. The molecule has 1 amide bonds. The number of para-hydroxylation sites is 1. The van der Waals surface area contributed by atoms with Crippen LogP contribution in [0.3, 0.4) is 0 Å². The maximum absolute atomic E-state index is 12.3. The zero-order valence-corrected chi connectivity index (χ0v) is 17.4. The molecule has 4 nitrogen and oxygen atoms in total. The van der Waals surface area contributed by atoms with Gasteiger partial charge in [-0.25, -0.2) is 4.98 Å². The molecule has 0 radical (unpaired) electrons. The second-order valence-corrected chi connectivity index (χ2v) is 7.89. The van der Waals surface area contributed by atoms with Crippen LogP contribution in [0.2, 0.25) is 0 Å². The maximum atomic E-state index is 12.3. The summed E-state index contributed by atoms with van der Waals surface area (Å²) in [5.41, 5.74) is 6.58. The summed E-state index contributed by atoms with van der Waals surface area (Å²) < 4.78 is 2.23. The SMILES string of the molecule is Cc1cc(-c2csc(NC(=O)CCc3ccccc3)n2)c(C)n1-c1ccccc1. The number of rotatable bonds is 6. The highest BCUT2D eigenvalue weighted by molar-refractivity contribution is 7.14. The Morgan fingerprint density at radius 2 is 1.72 bits per heavy atom. The van der Waals surface area contributed by atoms with E-state index in [4.69, 9.17) is 0 Å². The third-order valence-electron chi connectivity index (χ3n) is 4.96. The van der Waals surface area contributed by atoms with E-state index in [9.17, 15) is 4.79 Å². The molecule has 2 heterocycles. The van der Waals surface area contributed by atoms with Gasteiger partial charge in [0.25, 0.3) is 0 Å². The van der Waals surface area contributed by atoms with Crippen LogP contribution in [0.4, 0.5) is 5.13 Å². The highest BCUT2D eigenvalue weighted by Gasteiger charge is 2.15. The minimum Gasteiger partial charge on any atom is -0.318 e.